The third-order valence-corrected chi connectivity index (χ3v) is 5.66. The minimum Gasteiger partial charge on any atom is -0.484 e. The molecule has 0 spiro atoms. The first kappa shape index (κ1) is 22.0. The maximum atomic E-state index is 12.2. The molecular weight excluding hydrogens is 402 g/mol. The van der Waals surface area contributed by atoms with Crippen molar-refractivity contribution in [2.24, 2.45) is 0 Å². The van der Waals surface area contributed by atoms with Crippen LogP contribution < -0.4 is 15.0 Å². The molecule has 6 nitrogen and oxygen atoms in total. The van der Waals surface area contributed by atoms with Gasteiger partial charge in [0.25, 0.3) is 5.91 Å². The van der Waals surface area contributed by atoms with Crippen molar-refractivity contribution in [2.45, 2.75) is 27.2 Å². The number of halogens is 1. The van der Waals surface area contributed by atoms with Gasteiger partial charge in [-0.25, -0.2) is 0 Å². The van der Waals surface area contributed by atoms with Gasteiger partial charge in [0.2, 0.25) is 5.91 Å². The number of carbonyl (C=O) groups excluding carboxylic acids is 2. The van der Waals surface area contributed by atoms with Gasteiger partial charge in [-0.3, -0.25) is 9.59 Å². The van der Waals surface area contributed by atoms with Crippen molar-refractivity contribution < 1.29 is 14.3 Å². The van der Waals surface area contributed by atoms with Gasteiger partial charge in [-0.15, -0.1) is 0 Å². The van der Waals surface area contributed by atoms with Crippen molar-refractivity contribution >= 4 is 34.8 Å². The Kier molecular flexibility index (Phi) is 7.21. The highest BCUT2D eigenvalue weighted by molar-refractivity contribution is 6.33. The summed E-state index contributed by atoms with van der Waals surface area (Å²) in [5.74, 6) is 0.605. The topological polar surface area (TPSA) is 61.9 Å². The maximum Gasteiger partial charge on any atom is 0.262 e. The first-order chi connectivity index (χ1) is 14.4. The maximum absolute atomic E-state index is 12.2. The van der Waals surface area contributed by atoms with Crippen LogP contribution in [0.1, 0.15) is 24.5 Å². The number of piperazine rings is 1. The molecule has 30 heavy (non-hydrogen) atoms. The number of hydrogen-bond donors (Lipinski definition) is 1. The van der Waals surface area contributed by atoms with Crippen LogP contribution in [0.5, 0.6) is 5.75 Å². The summed E-state index contributed by atoms with van der Waals surface area (Å²) in [6.45, 7) is 8.70. The molecule has 0 aliphatic carbocycles. The van der Waals surface area contributed by atoms with Gasteiger partial charge in [-0.1, -0.05) is 24.6 Å². The molecule has 160 valence electrons. The standard InChI is InChI=1S/C23H28ClN3O3/c1-4-23(29)27-11-9-26(10-12-27)21-8-6-18(14-20(21)24)25-22(28)15-30-19-7-5-16(2)17(3)13-19/h5-8,13-14H,4,9-12,15H2,1-3H3,(H,25,28). The largest absolute Gasteiger partial charge is 0.484 e. The monoisotopic (exact) mass is 429 g/mol. The summed E-state index contributed by atoms with van der Waals surface area (Å²) in [6.07, 6.45) is 0.530. The Morgan fingerprint density at radius 3 is 2.40 bits per heavy atom. The molecule has 1 aliphatic heterocycles. The van der Waals surface area contributed by atoms with Crippen LogP contribution in [-0.2, 0) is 9.59 Å². The predicted octanol–water partition coefficient (Wildman–Crippen LogP) is 4.03. The highest BCUT2D eigenvalue weighted by atomic mass is 35.5. The van der Waals surface area contributed by atoms with E-state index in [-0.39, 0.29) is 18.4 Å². The summed E-state index contributed by atoms with van der Waals surface area (Å²) in [5.41, 5.74) is 3.83. The highest BCUT2D eigenvalue weighted by Gasteiger charge is 2.21. The lowest BCUT2D eigenvalue weighted by molar-refractivity contribution is -0.131. The summed E-state index contributed by atoms with van der Waals surface area (Å²) in [6, 6.07) is 11.2. The fraction of sp³-hybridized carbons (Fsp3) is 0.391. The zero-order valence-electron chi connectivity index (χ0n) is 17.7. The van der Waals surface area contributed by atoms with E-state index in [9.17, 15) is 9.59 Å². The van der Waals surface area contributed by atoms with Gasteiger partial charge in [0.05, 0.1) is 10.7 Å². The molecule has 1 fully saturated rings. The van der Waals surface area contributed by atoms with E-state index in [0.717, 1.165) is 24.3 Å². The Hall–Kier alpha value is -2.73. The second-order valence-electron chi connectivity index (χ2n) is 7.47. The average Bonchev–Trinajstić information content (AvgIpc) is 2.74. The Morgan fingerprint density at radius 1 is 1.03 bits per heavy atom. The van der Waals surface area contributed by atoms with Gasteiger partial charge in [0.1, 0.15) is 5.75 Å². The Morgan fingerprint density at radius 2 is 1.77 bits per heavy atom. The zero-order valence-corrected chi connectivity index (χ0v) is 18.5. The molecular formula is C23H28ClN3O3. The summed E-state index contributed by atoms with van der Waals surface area (Å²) >= 11 is 6.47. The van der Waals surface area contributed by atoms with E-state index in [0.29, 0.717) is 36.0 Å². The molecule has 1 aliphatic rings. The lowest BCUT2D eigenvalue weighted by Gasteiger charge is -2.36. The molecule has 2 aromatic rings. The second-order valence-corrected chi connectivity index (χ2v) is 7.88. The van der Waals surface area contributed by atoms with Crippen molar-refractivity contribution in [2.75, 3.05) is 43.0 Å². The highest BCUT2D eigenvalue weighted by Crippen LogP contribution is 2.29. The minimum absolute atomic E-state index is 0.0741. The van der Waals surface area contributed by atoms with Gasteiger partial charge >= 0.3 is 0 Å². The summed E-state index contributed by atoms with van der Waals surface area (Å²) in [7, 11) is 0. The van der Waals surface area contributed by atoms with Gasteiger partial charge in [0.15, 0.2) is 6.61 Å². The molecule has 0 saturated carbocycles. The van der Waals surface area contributed by atoms with E-state index < -0.39 is 0 Å². The quantitative estimate of drug-likeness (QED) is 0.753. The summed E-state index contributed by atoms with van der Waals surface area (Å²) in [4.78, 5) is 28.1. The fourth-order valence-corrected chi connectivity index (χ4v) is 3.71. The van der Waals surface area contributed by atoms with Gasteiger partial charge < -0.3 is 19.9 Å². The molecule has 2 aromatic carbocycles. The number of nitrogens with zero attached hydrogens (tertiary/aromatic N) is 2. The zero-order chi connectivity index (χ0) is 21.7. The van der Waals surface area contributed by atoms with Crippen LogP contribution in [0.15, 0.2) is 36.4 Å². The molecule has 0 bridgehead atoms. The number of hydrogen-bond acceptors (Lipinski definition) is 4. The molecule has 7 heteroatoms. The number of ether oxygens (including phenoxy) is 1. The smallest absolute Gasteiger partial charge is 0.262 e. The lowest BCUT2D eigenvalue weighted by Crippen LogP contribution is -2.48. The van der Waals surface area contributed by atoms with Gasteiger partial charge in [-0.2, -0.15) is 0 Å². The van der Waals surface area contributed by atoms with Crippen LogP contribution in [0.2, 0.25) is 5.02 Å². The van der Waals surface area contributed by atoms with Crippen LogP contribution in [0.25, 0.3) is 0 Å². The van der Waals surface area contributed by atoms with Crippen molar-refractivity contribution in [3.8, 4) is 5.75 Å². The Bertz CT molecular complexity index is 924. The third-order valence-electron chi connectivity index (χ3n) is 5.36. The van der Waals surface area contributed by atoms with E-state index in [1.54, 1.807) is 6.07 Å². The molecule has 3 rings (SSSR count). The molecule has 1 heterocycles. The van der Waals surface area contributed by atoms with Crippen molar-refractivity contribution in [3.63, 3.8) is 0 Å². The number of nitrogens with one attached hydrogen (secondary N) is 1. The van der Waals surface area contributed by atoms with Crippen molar-refractivity contribution in [1.29, 1.82) is 0 Å². The summed E-state index contributed by atoms with van der Waals surface area (Å²) in [5, 5.41) is 3.39. The van der Waals surface area contributed by atoms with Crippen LogP contribution in [0.4, 0.5) is 11.4 Å². The van der Waals surface area contributed by atoms with Crippen LogP contribution >= 0.6 is 11.6 Å². The average molecular weight is 430 g/mol. The fourth-order valence-electron chi connectivity index (χ4n) is 3.41. The number of rotatable bonds is 6. The molecule has 0 atom stereocenters. The third kappa shape index (κ3) is 5.45. The van der Waals surface area contributed by atoms with Crippen molar-refractivity contribution in [1.82, 2.24) is 4.90 Å². The number of anilines is 2. The summed E-state index contributed by atoms with van der Waals surface area (Å²) < 4.78 is 5.58. The number of benzene rings is 2. The van der Waals surface area contributed by atoms with Crippen LogP contribution in [-0.4, -0.2) is 49.5 Å². The normalized spacial score (nSPS) is 13.9. The van der Waals surface area contributed by atoms with E-state index in [1.165, 1.54) is 5.56 Å². The van der Waals surface area contributed by atoms with Gasteiger partial charge in [-0.05, 0) is 55.3 Å². The predicted molar refractivity (Wildman–Crippen MR) is 121 cm³/mol. The van der Waals surface area contributed by atoms with E-state index >= 15 is 0 Å². The first-order valence-corrected chi connectivity index (χ1v) is 10.6. The number of amides is 2. The van der Waals surface area contributed by atoms with Crippen LogP contribution in [0, 0.1) is 13.8 Å². The number of aryl methyl sites for hydroxylation is 2. The Labute approximate surface area is 182 Å². The molecule has 0 unspecified atom stereocenters. The molecule has 0 radical (unpaired) electrons. The van der Waals surface area contributed by atoms with E-state index in [4.69, 9.17) is 16.3 Å². The van der Waals surface area contributed by atoms with Crippen molar-refractivity contribution in [3.05, 3.63) is 52.5 Å². The molecule has 0 aromatic heterocycles. The van der Waals surface area contributed by atoms with E-state index in [1.807, 2.05) is 56.0 Å². The Balaban J connectivity index is 1.54. The molecule has 1 N–H and O–H groups in total. The SMILES string of the molecule is CCC(=O)N1CCN(c2ccc(NC(=O)COc3ccc(C)c(C)c3)cc2Cl)CC1. The minimum atomic E-state index is -0.247. The second kappa shape index (κ2) is 9.85. The van der Waals surface area contributed by atoms with Crippen LogP contribution in [0.3, 0.4) is 0 Å². The van der Waals surface area contributed by atoms with E-state index in [2.05, 4.69) is 10.2 Å². The molecule has 1 saturated heterocycles. The number of carbonyl (C=O) groups is 2. The van der Waals surface area contributed by atoms with Gasteiger partial charge in [0, 0.05) is 38.3 Å². The first-order valence-electron chi connectivity index (χ1n) is 10.2. The lowest BCUT2D eigenvalue weighted by atomic mass is 10.1. The molecule has 2 amide bonds.